The first-order valence-corrected chi connectivity index (χ1v) is 9.21. The zero-order valence-electron chi connectivity index (χ0n) is 14.8. The average Bonchev–Trinajstić information content (AvgIpc) is 2.69. The molecule has 0 atom stereocenters. The Morgan fingerprint density at radius 3 is 1.96 bits per heavy atom. The number of halogens is 1. The highest BCUT2D eigenvalue weighted by Gasteiger charge is 2.18. The summed E-state index contributed by atoms with van der Waals surface area (Å²) >= 11 is 6.05. The largest absolute Gasteiger partial charge is 0.338 e. The van der Waals surface area contributed by atoms with Gasteiger partial charge in [0, 0.05) is 42.3 Å². The van der Waals surface area contributed by atoms with Crippen LogP contribution in [0, 0.1) is 0 Å². The smallest absolute Gasteiger partial charge is 0.226 e. The van der Waals surface area contributed by atoms with Crippen molar-refractivity contribution < 1.29 is 0 Å². The Hall–Kier alpha value is -2.43. The number of piperazine rings is 1. The van der Waals surface area contributed by atoms with Crippen LogP contribution in [0.5, 0.6) is 0 Å². The highest BCUT2D eigenvalue weighted by atomic mass is 35.5. The molecule has 0 spiro atoms. The summed E-state index contributed by atoms with van der Waals surface area (Å²) in [6.45, 7) is 3.92. The van der Waals surface area contributed by atoms with Crippen molar-refractivity contribution in [2.75, 3.05) is 38.1 Å². The van der Waals surface area contributed by atoms with E-state index in [1.165, 1.54) is 0 Å². The van der Waals surface area contributed by atoms with E-state index in [2.05, 4.69) is 35.0 Å². The molecule has 0 amide bonds. The van der Waals surface area contributed by atoms with Crippen molar-refractivity contribution >= 4 is 17.5 Å². The van der Waals surface area contributed by atoms with Crippen molar-refractivity contribution in [3.8, 4) is 22.5 Å². The number of likely N-dealkylation sites (N-methyl/N-ethyl adjacent to an activating group) is 1. The van der Waals surface area contributed by atoms with Gasteiger partial charge in [-0.15, -0.1) is 0 Å². The SMILES string of the molecule is CN1CCN(c2nc(-c3ccccc3)cc(-c3ccc(Cl)cc3)n2)CC1. The Balaban J connectivity index is 1.78. The molecule has 0 saturated carbocycles. The minimum Gasteiger partial charge on any atom is -0.338 e. The minimum absolute atomic E-state index is 0.727. The lowest BCUT2D eigenvalue weighted by Gasteiger charge is -2.32. The van der Waals surface area contributed by atoms with Gasteiger partial charge in [0.1, 0.15) is 0 Å². The first-order valence-electron chi connectivity index (χ1n) is 8.83. The monoisotopic (exact) mass is 364 g/mol. The van der Waals surface area contributed by atoms with E-state index < -0.39 is 0 Å². The minimum atomic E-state index is 0.727. The van der Waals surface area contributed by atoms with Gasteiger partial charge in [-0.1, -0.05) is 54.1 Å². The van der Waals surface area contributed by atoms with Crippen molar-refractivity contribution in [1.29, 1.82) is 0 Å². The maximum absolute atomic E-state index is 6.05. The number of hydrogen-bond acceptors (Lipinski definition) is 4. The molecule has 0 N–H and O–H groups in total. The molecule has 132 valence electrons. The van der Waals surface area contributed by atoms with Crippen LogP contribution in [0.25, 0.3) is 22.5 Å². The number of aromatic nitrogens is 2. The molecular weight excluding hydrogens is 344 g/mol. The predicted molar refractivity (Wildman–Crippen MR) is 108 cm³/mol. The zero-order valence-corrected chi connectivity index (χ0v) is 15.5. The van der Waals surface area contributed by atoms with Crippen LogP contribution < -0.4 is 4.90 Å². The van der Waals surface area contributed by atoms with Crippen molar-refractivity contribution in [1.82, 2.24) is 14.9 Å². The first-order chi connectivity index (χ1) is 12.7. The van der Waals surface area contributed by atoms with Crippen LogP contribution in [0.2, 0.25) is 5.02 Å². The molecule has 2 aromatic carbocycles. The molecule has 4 nitrogen and oxygen atoms in total. The van der Waals surface area contributed by atoms with E-state index in [9.17, 15) is 0 Å². The van der Waals surface area contributed by atoms with E-state index >= 15 is 0 Å². The maximum Gasteiger partial charge on any atom is 0.226 e. The lowest BCUT2D eigenvalue weighted by atomic mass is 10.1. The molecular formula is C21H21ClN4. The number of benzene rings is 2. The fourth-order valence-electron chi connectivity index (χ4n) is 3.11. The second kappa shape index (κ2) is 7.44. The van der Waals surface area contributed by atoms with E-state index in [0.29, 0.717) is 0 Å². The molecule has 26 heavy (non-hydrogen) atoms. The lowest BCUT2D eigenvalue weighted by Crippen LogP contribution is -2.45. The van der Waals surface area contributed by atoms with Gasteiger partial charge >= 0.3 is 0 Å². The first kappa shape index (κ1) is 17.0. The topological polar surface area (TPSA) is 32.3 Å². The summed E-state index contributed by atoms with van der Waals surface area (Å²) in [6.07, 6.45) is 0. The normalized spacial score (nSPS) is 15.2. The van der Waals surface area contributed by atoms with Crippen LogP contribution in [-0.4, -0.2) is 48.1 Å². The van der Waals surface area contributed by atoms with Gasteiger partial charge in [0.2, 0.25) is 5.95 Å². The average molecular weight is 365 g/mol. The molecule has 3 aromatic rings. The van der Waals surface area contributed by atoms with Crippen molar-refractivity contribution in [2.45, 2.75) is 0 Å². The Kier molecular flexibility index (Phi) is 4.87. The Bertz CT molecular complexity index is 872. The fraction of sp³-hybridized carbons (Fsp3) is 0.238. The second-order valence-corrected chi connectivity index (χ2v) is 7.04. The number of nitrogens with zero attached hydrogens (tertiary/aromatic N) is 4. The quantitative estimate of drug-likeness (QED) is 0.696. The standard InChI is InChI=1S/C21H21ClN4/c1-25-11-13-26(14-12-25)21-23-19(16-5-3-2-4-6-16)15-20(24-21)17-7-9-18(22)10-8-17/h2-10,15H,11-14H2,1H3. The van der Waals surface area contributed by atoms with Gasteiger partial charge < -0.3 is 9.80 Å². The maximum atomic E-state index is 6.05. The third-order valence-electron chi connectivity index (χ3n) is 4.71. The molecule has 0 bridgehead atoms. The van der Waals surface area contributed by atoms with Gasteiger partial charge in [0.15, 0.2) is 0 Å². The summed E-state index contributed by atoms with van der Waals surface area (Å²) in [4.78, 5) is 14.3. The van der Waals surface area contributed by atoms with Gasteiger partial charge in [-0.3, -0.25) is 0 Å². The van der Waals surface area contributed by atoms with E-state index in [1.54, 1.807) is 0 Å². The zero-order chi connectivity index (χ0) is 17.9. The molecule has 1 aromatic heterocycles. The lowest BCUT2D eigenvalue weighted by molar-refractivity contribution is 0.311. The van der Waals surface area contributed by atoms with Crippen molar-refractivity contribution in [2.24, 2.45) is 0 Å². The van der Waals surface area contributed by atoms with Crippen molar-refractivity contribution in [3.05, 3.63) is 65.7 Å². The van der Waals surface area contributed by atoms with Crippen molar-refractivity contribution in [3.63, 3.8) is 0 Å². The number of hydrogen-bond donors (Lipinski definition) is 0. The van der Waals surface area contributed by atoms with Gasteiger partial charge in [-0.05, 0) is 25.2 Å². The Morgan fingerprint density at radius 2 is 1.35 bits per heavy atom. The molecule has 5 heteroatoms. The molecule has 1 aliphatic heterocycles. The van der Waals surface area contributed by atoms with Crippen LogP contribution in [0.1, 0.15) is 0 Å². The van der Waals surface area contributed by atoms with E-state index in [1.807, 2.05) is 42.5 Å². The van der Waals surface area contributed by atoms with Gasteiger partial charge in [0.05, 0.1) is 11.4 Å². The molecule has 2 heterocycles. The van der Waals surface area contributed by atoms with E-state index in [4.69, 9.17) is 21.6 Å². The van der Waals surface area contributed by atoms with Crippen LogP contribution in [0.3, 0.4) is 0 Å². The molecule has 0 radical (unpaired) electrons. The highest BCUT2D eigenvalue weighted by molar-refractivity contribution is 6.30. The molecule has 1 fully saturated rings. The second-order valence-electron chi connectivity index (χ2n) is 6.60. The van der Waals surface area contributed by atoms with E-state index in [0.717, 1.165) is 59.7 Å². The Morgan fingerprint density at radius 1 is 0.769 bits per heavy atom. The van der Waals surface area contributed by atoms with Crippen LogP contribution in [-0.2, 0) is 0 Å². The number of anilines is 1. The van der Waals surface area contributed by atoms with Gasteiger partial charge in [-0.2, -0.15) is 0 Å². The van der Waals surface area contributed by atoms with Crippen LogP contribution in [0.4, 0.5) is 5.95 Å². The summed E-state index contributed by atoms with van der Waals surface area (Å²) in [7, 11) is 2.15. The van der Waals surface area contributed by atoms with Crippen LogP contribution >= 0.6 is 11.6 Å². The predicted octanol–water partition coefficient (Wildman–Crippen LogP) is 4.22. The Labute approximate surface area is 159 Å². The third kappa shape index (κ3) is 3.71. The third-order valence-corrected chi connectivity index (χ3v) is 4.96. The highest BCUT2D eigenvalue weighted by Crippen LogP contribution is 2.27. The number of rotatable bonds is 3. The molecule has 0 unspecified atom stereocenters. The summed E-state index contributed by atoms with van der Waals surface area (Å²) in [6, 6.07) is 20.1. The molecule has 4 rings (SSSR count). The van der Waals surface area contributed by atoms with Gasteiger partial charge in [0.25, 0.3) is 0 Å². The fourth-order valence-corrected chi connectivity index (χ4v) is 3.23. The van der Waals surface area contributed by atoms with E-state index in [-0.39, 0.29) is 0 Å². The summed E-state index contributed by atoms with van der Waals surface area (Å²) in [5, 5.41) is 0.727. The van der Waals surface area contributed by atoms with Crippen LogP contribution in [0.15, 0.2) is 60.7 Å². The molecule has 0 aliphatic carbocycles. The van der Waals surface area contributed by atoms with Gasteiger partial charge in [-0.25, -0.2) is 9.97 Å². The summed E-state index contributed by atoms with van der Waals surface area (Å²) < 4.78 is 0. The summed E-state index contributed by atoms with van der Waals surface area (Å²) in [5.74, 6) is 0.796. The summed E-state index contributed by atoms with van der Waals surface area (Å²) in [5.41, 5.74) is 4.01. The molecule has 1 aliphatic rings. The molecule has 1 saturated heterocycles.